The Bertz CT molecular complexity index is 1000. The van der Waals surface area contributed by atoms with Crippen LogP contribution in [0, 0.1) is 22.0 Å². The summed E-state index contributed by atoms with van der Waals surface area (Å²) in [5, 5.41) is 14.3. The van der Waals surface area contributed by atoms with Crippen LogP contribution in [0.2, 0.25) is 0 Å². The highest BCUT2D eigenvalue weighted by Crippen LogP contribution is 2.38. The van der Waals surface area contributed by atoms with Gasteiger partial charge in [0.1, 0.15) is 0 Å². The summed E-state index contributed by atoms with van der Waals surface area (Å²) in [6, 6.07) is 7.94. The molecule has 0 unspecified atom stereocenters. The SMILES string of the molecule is CC(C)CCNC(=O)[C@@H]1Cc2cc([N+](=O)[O-])ccc2N2CCN(C(=O)c3ccco3)C[C@H]12. The van der Waals surface area contributed by atoms with E-state index >= 15 is 0 Å². The van der Waals surface area contributed by atoms with Gasteiger partial charge >= 0.3 is 0 Å². The molecule has 2 aromatic rings. The molecule has 1 fully saturated rings. The van der Waals surface area contributed by atoms with Gasteiger partial charge in [-0.3, -0.25) is 19.7 Å². The number of hydrogen-bond acceptors (Lipinski definition) is 6. The van der Waals surface area contributed by atoms with E-state index in [0.717, 1.165) is 17.7 Å². The lowest BCUT2D eigenvalue weighted by molar-refractivity contribution is -0.384. The first-order valence-electron chi connectivity index (χ1n) is 11.0. The van der Waals surface area contributed by atoms with E-state index in [1.165, 1.54) is 12.3 Å². The average Bonchev–Trinajstić information content (AvgIpc) is 3.31. The Balaban J connectivity index is 1.61. The molecule has 0 saturated carbocycles. The minimum atomic E-state index is -0.413. The number of furan rings is 1. The number of nitro groups is 1. The van der Waals surface area contributed by atoms with Crippen LogP contribution in [0.1, 0.15) is 36.4 Å². The van der Waals surface area contributed by atoms with Crippen molar-refractivity contribution in [2.24, 2.45) is 11.8 Å². The quantitative estimate of drug-likeness (QED) is 0.547. The Morgan fingerprint density at radius 2 is 2.09 bits per heavy atom. The van der Waals surface area contributed by atoms with Crippen LogP contribution in [0.15, 0.2) is 41.0 Å². The number of benzene rings is 1. The number of nitrogens with zero attached hydrogens (tertiary/aromatic N) is 3. The van der Waals surface area contributed by atoms with Gasteiger partial charge in [-0.05, 0) is 42.5 Å². The number of fused-ring (bicyclic) bond motifs is 3. The van der Waals surface area contributed by atoms with Crippen molar-refractivity contribution in [1.82, 2.24) is 10.2 Å². The third-order valence-corrected chi connectivity index (χ3v) is 6.28. The topological polar surface area (TPSA) is 109 Å². The van der Waals surface area contributed by atoms with Crippen LogP contribution in [0.25, 0.3) is 0 Å². The van der Waals surface area contributed by atoms with E-state index in [0.29, 0.717) is 38.5 Å². The van der Waals surface area contributed by atoms with E-state index in [-0.39, 0.29) is 29.3 Å². The first-order chi connectivity index (χ1) is 15.3. The number of carbonyl (C=O) groups excluding carboxylic acids is 2. The van der Waals surface area contributed by atoms with Gasteiger partial charge in [-0.25, -0.2) is 0 Å². The Labute approximate surface area is 186 Å². The van der Waals surface area contributed by atoms with Crippen molar-refractivity contribution in [2.45, 2.75) is 32.7 Å². The monoisotopic (exact) mass is 440 g/mol. The van der Waals surface area contributed by atoms with Gasteiger partial charge in [0, 0.05) is 44.0 Å². The smallest absolute Gasteiger partial charge is 0.289 e. The highest BCUT2D eigenvalue weighted by Gasteiger charge is 2.43. The summed E-state index contributed by atoms with van der Waals surface area (Å²) < 4.78 is 5.28. The molecule has 2 amide bonds. The van der Waals surface area contributed by atoms with Crippen LogP contribution in [-0.2, 0) is 11.2 Å². The number of nitro benzene ring substituents is 1. The molecular weight excluding hydrogens is 412 g/mol. The van der Waals surface area contributed by atoms with E-state index < -0.39 is 10.8 Å². The lowest BCUT2D eigenvalue weighted by Crippen LogP contribution is -2.62. The Hall–Kier alpha value is -3.36. The molecule has 9 nitrogen and oxygen atoms in total. The molecule has 2 aliphatic rings. The molecule has 1 saturated heterocycles. The van der Waals surface area contributed by atoms with Crippen LogP contribution < -0.4 is 10.2 Å². The summed E-state index contributed by atoms with van der Waals surface area (Å²) in [4.78, 5) is 40.8. The zero-order chi connectivity index (χ0) is 22.8. The first-order valence-corrected chi connectivity index (χ1v) is 11.0. The first kappa shape index (κ1) is 21.9. The third kappa shape index (κ3) is 4.32. The van der Waals surface area contributed by atoms with Crippen molar-refractivity contribution in [3.63, 3.8) is 0 Å². The molecule has 3 heterocycles. The molecular formula is C23H28N4O5. The van der Waals surface area contributed by atoms with Gasteiger partial charge < -0.3 is 19.5 Å². The van der Waals surface area contributed by atoms with E-state index in [2.05, 4.69) is 24.1 Å². The molecule has 0 bridgehead atoms. The van der Waals surface area contributed by atoms with Crippen LogP contribution in [0.5, 0.6) is 0 Å². The summed E-state index contributed by atoms with van der Waals surface area (Å²) in [6.45, 7) is 6.19. The number of non-ortho nitro benzene ring substituents is 1. The van der Waals surface area contributed by atoms with E-state index in [1.807, 2.05) is 0 Å². The van der Waals surface area contributed by atoms with Crippen molar-refractivity contribution >= 4 is 23.2 Å². The molecule has 4 rings (SSSR count). The second-order valence-corrected chi connectivity index (χ2v) is 8.84. The minimum Gasteiger partial charge on any atom is -0.459 e. The molecule has 1 N–H and O–H groups in total. The standard InChI is InChI=1S/C23H28N4O5/c1-15(2)7-8-24-22(28)18-13-16-12-17(27(30)31)5-6-19(16)26-10-9-25(14-20(18)26)23(29)21-4-3-11-32-21/h3-6,11-12,15,18,20H,7-10,13-14H2,1-2H3,(H,24,28)/t18-,20-/m1/s1. The molecule has 170 valence electrons. The maximum Gasteiger partial charge on any atom is 0.289 e. The van der Waals surface area contributed by atoms with Crippen LogP contribution in [0.4, 0.5) is 11.4 Å². The summed E-state index contributed by atoms with van der Waals surface area (Å²) in [5.74, 6) is 0.0675. The van der Waals surface area contributed by atoms with Crippen LogP contribution >= 0.6 is 0 Å². The van der Waals surface area contributed by atoms with Gasteiger partial charge in [0.2, 0.25) is 5.91 Å². The van der Waals surface area contributed by atoms with Gasteiger partial charge in [-0.2, -0.15) is 0 Å². The Morgan fingerprint density at radius 3 is 2.78 bits per heavy atom. The maximum absolute atomic E-state index is 13.2. The number of anilines is 1. The molecule has 1 aromatic carbocycles. The van der Waals surface area contributed by atoms with Crippen LogP contribution in [-0.4, -0.2) is 53.9 Å². The van der Waals surface area contributed by atoms with E-state index in [4.69, 9.17) is 4.42 Å². The number of nitrogens with one attached hydrogen (secondary N) is 1. The Morgan fingerprint density at radius 1 is 1.28 bits per heavy atom. The molecule has 2 aliphatic heterocycles. The van der Waals surface area contributed by atoms with E-state index in [9.17, 15) is 19.7 Å². The molecule has 0 spiro atoms. The lowest BCUT2D eigenvalue weighted by atomic mass is 9.83. The fourth-order valence-corrected chi connectivity index (χ4v) is 4.58. The number of amides is 2. The summed E-state index contributed by atoms with van der Waals surface area (Å²) >= 11 is 0. The number of piperazine rings is 1. The average molecular weight is 441 g/mol. The van der Waals surface area contributed by atoms with Gasteiger partial charge in [-0.15, -0.1) is 0 Å². The second kappa shape index (κ2) is 9.02. The fourth-order valence-electron chi connectivity index (χ4n) is 4.58. The molecule has 1 aromatic heterocycles. The van der Waals surface area contributed by atoms with Crippen molar-refractivity contribution in [2.75, 3.05) is 31.1 Å². The minimum absolute atomic E-state index is 0.0211. The zero-order valence-electron chi connectivity index (χ0n) is 18.3. The fraction of sp³-hybridized carbons (Fsp3) is 0.478. The summed E-state index contributed by atoms with van der Waals surface area (Å²) in [7, 11) is 0. The van der Waals surface area contributed by atoms with Gasteiger partial charge in [0.05, 0.1) is 23.1 Å². The van der Waals surface area contributed by atoms with Crippen molar-refractivity contribution in [3.8, 4) is 0 Å². The largest absolute Gasteiger partial charge is 0.459 e. The molecule has 0 radical (unpaired) electrons. The summed E-state index contributed by atoms with van der Waals surface area (Å²) in [6.07, 6.45) is 2.74. The molecule has 9 heteroatoms. The van der Waals surface area contributed by atoms with E-state index in [1.54, 1.807) is 29.2 Å². The second-order valence-electron chi connectivity index (χ2n) is 8.84. The molecule has 2 atom stereocenters. The zero-order valence-corrected chi connectivity index (χ0v) is 18.3. The van der Waals surface area contributed by atoms with Crippen molar-refractivity contribution in [3.05, 3.63) is 58.0 Å². The normalized spacial score (nSPS) is 20.0. The number of carbonyl (C=O) groups is 2. The predicted octanol–water partition coefficient (Wildman–Crippen LogP) is 2.85. The lowest BCUT2D eigenvalue weighted by Gasteiger charge is -2.48. The van der Waals surface area contributed by atoms with Gasteiger partial charge in [-0.1, -0.05) is 13.8 Å². The maximum atomic E-state index is 13.2. The number of hydrogen-bond donors (Lipinski definition) is 1. The third-order valence-electron chi connectivity index (χ3n) is 6.28. The predicted molar refractivity (Wildman–Crippen MR) is 119 cm³/mol. The van der Waals surface area contributed by atoms with Crippen LogP contribution in [0.3, 0.4) is 0 Å². The molecule has 32 heavy (non-hydrogen) atoms. The highest BCUT2D eigenvalue weighted by molar-refractivity contribution is 5.92. The van der Waals surface area contributed by atoms with Crippen molar-refractivity contribution < 1.29 is 18.9 Å². The van der Waals surface area contributed by atoms with Gasteiger partial charge in [0.15, 0.2) is 5.76 Å². The molecule has 0 aliphatic carbocycles. The van der Waals surface area contributed by atoms with Crippen molar-refractivity contribution in [1.29, 1.82) is 0 Å². The summed E-state index contributed by atoms with van der Waals surface area (Å²) in [5.41, 5.74) is 1.72. The number of rotatable bonds is 6. The van der Waals surface area contributed by atoms with Gasteiger partial charge in [0.25, 0.3) is 11.6 Å². The highest BCUT2D eigenvalue weighted by atomic mass is 16.6. The Kier molecular flexibility index (Phi) is 6.16.